The summed E-state index contributed by atoms with van der Waals surface area (Å²) in [6, 6.07) is 14.3. The zero-order valence-electron chi connectivity index (χ0n) is 14.8. The molecule has 4 rings (SSSR count). The Balaban J connectivity index is 1.79. The molecule has 0 aromatic heterocycles. The monoisotopic (exact) mass is 370 g/mol. The number of sulfonamides is 1. The van der Waals surface area contributed by atoms with E-state index in [1.807, 2.05) is 31.2 Å². The Morgan fingerprint density at radius 2 is 1.73 bits per heavy atom. The van der Waals surface area contributed by atoms with E-state index in [1.165, 1.54) is 4.31 Å². The van der Waals surface area contributed by atoms with E-state index >= 15 is 0 Å². The van der Waals surface area contributed by atoms with Gasteiger partial charge in [0, 0.05) is 19.0 Å². The number of fused-ring (bicyclic) bond motifs is 1. The van der Waals surface area contributed by atoms with Crippen molar-refractivity contribution in [1.82, 2.24) is 0 Å². The van der Waals surface area contributed by atoms with Crippen LogP contribution in [0.1, 0.15) is 24.8 Å². The molecular weight excluding hydrogens is 348 g/mol. The van der Waals surface area contributed by atoms with E-state index in [4.69, 9.17) is 0 Å². The predicted molar refractivity (Wildman–Crippen MR) is 102 cm³/mol. The molecule has 1 aliphatic carbocycles. The molecule has 0 N–H and O–H groups in total. The SMILES string of the molecule is Cc1cccc(S(=O)(=O)N2CCCN(C(=O)C3CC3)c3ccccc32)c1. The van der Waals surface area contributed by atoms with Crippen LogP contribution < -0.4 is 9.21 Å². The van der Waals surface area contributed by atoms with Crippen LogP contribution >= 0.6 is 0 Å². The van der Waals surface area contributed by atoms with Gasteiger partial charge in [0.05, 0.1) is 16.3 Å². The second-order valence-corrected chi connectivity index (χ2v) is 8.86. The molecule has 0 bridgehead atoms. The van der Waals surface area contributed by atoms with Crippen LogP contribution in [0, 0.1) is 12.8 Å². The van der Waals surface area contributed by atoms with Crippen LogP contribution in [-0.2, 0) is 14.8 Å². The van der Waals surface area contributed by atoms with Gasteiger partial charge in [0.1, 0.15) is 0 Å². The average Bonchev–Trinajstić information content (AvgIpc) is 3.47. The molecule has 1 heterocycles. The van der Waals surface area contributed by atoms with E-state index < -0.39 is 10.0 Å². The van der Waals surface area contributed by atoms with Crippen molar-refractivity contribution >= 4 is 27.3 Å². The topological polar surface area (TPSA) is 57.7 Å². The molecule has 5 nitrogen and oxygen atoms in total. The van der Waals surface area contributed by atoms with Crippen molar-refractivity contribution < 1.29 is 13.2 Å². The third kappa shape index (κ3) is 2.98. The van der Waals surface area contributed by atoms with Crippen molar-refractivity contribution in [3.63, 3.8) is 0 Å². The van der Waals surface area contributed by atoms with Gasteiger partial charge in [-0.2, -0.15) is 0 Å². The van der Waals surface area contributed by atoms with Gasteiger partial charge in [0.15, 0.2) is 0 Å². The van der Waals surface area contributed by atoms with Crippen molar-refractivity contribution in [2.24, 2.45) is 5.92 Å². The average molecular weight is 370 g/mol. The van der Waals surface area contributed by atoms with Crippen LogP contribution in [0.15, 0.2) is 53.4 Å². The van der Waals surface area contributed by atoms with Crippen molar-refractivity contribution in [3.05, 3.63) is 54.1 Å². The summed E-state index contributed by atoms with van der Waals surface area (Å²) >= 11 is 0. The van der Waals surface area contributed by atoms with E-state index in [2.05, 4.69) is 0 Å². The Bertz CT molecular complexity index is 951. The third-order valence-electron chi connectivity index (χ3n) is 4.95. The lowest BCUT2D eigenvalue weighted by molar-refractivity contribution is -0.119. The van der Waals surface area contributed by atoms with Gasteiger partial charge < -0.3 is 4.90 Å². The van der Waals surface area contributed by atoms with Crippen LogP contribution in [0.25, 0.3) is 0 Å². The van der Waals surface area contributed by atoms with Crippen molar-refractivity contribution in [3.8, 4) is 0 Å². The molecule has 1 amide bonds. The second-order valence-electron chi connectivity index (χ2n) is 7.00. The van der Waals surface area contributed by atoms with Gasteiger partial charge in [-0.25, -0.2) is 8.42 Å². The quantitative estimate of drug-likeness (QED) is 0.833. The lowest BCUT2D eigenvalue weighted by atomic mass is 10.2. The number of rotatable bonds is 3. The molecule has 0 radical (unpaired) electrons. The zero-order chi connectivity index (χ0) is 18.3. The first kappa shape index (κ1) is 17.1. The summed E-state index contributed by atoms with van der Waals surface area (Å²) in [6.07, 6.45) is 2.48. The molecular formula is C20H22N2O3S. The molecule has 26 heavy (non-hydrogen) atoms. The van der Waals surface area contributed by atoms with Gasteiger partial charge in [-0.3, -0.25) is 9.10 Å². The first-order chi connectivity index (χ1) is 12.5. The summed E-state index contributed by atoms with van der Waals surface area (Å²) in [6.45, 7) is 2.79. The van der Waals surface area contributed by atoms with Crippen molar-refractivity contribution in [2.45, 2.75) is 31.1 Å². The van der Waals surface area contributed by atoms with Crippen molar-refractivity contribution in [2.75, 3.05) is 22.3 Å². The number of aryl methyl sites for hydroxylation is 1. The molecule has 0 spiro atoms. The Morgan fingerprint density at radius 1 is 1.00 bits per heavy atom. The maximum absolute atomic E-state index is 13.3. The number of para-hydroxylation sites is 2. The van der Waals surface area contributed by atoms with Gasteiger partial charge in [-0.1, -0.05) is 24.3 Å². The largest absolute Gasteiger partial charge is 0.310 e. The maximum atomic E-state index is 13.3. The summed E-state index contributed by atoms with van der Waals surface area (Å²) in [5, 5.41) is 0. The van der Waals surface area contributed by atoms with Crippen molar-refractivity contribution in [1.29, 1.82) is 0 Å². The Kier molecular flexibility index (Phi) is 4.23. The highest BCUT2D eigenvalue weighted by Crippen LogP contribution is 2.39. The molecule has 0 unspecified atom stereocenters. The van der Waals surface area contributed by atoms with Crippen LogP contribution in [0.4, 0.5) is 11.4 Å². The molecule has 2 aliphatic rings. The fourth-order valence-electron chi connectivity index (χ4n) is 3.45. The Hall–Kier alpha value is -2.34. The van der Waals surface area contributed by atoms with E-state index in [0.717, 1.165) is 18.4 Å². The lowest BCUT2D eigenvalue weighted by Crippen LogP contribution is -2.32. The van der Waals surface area contributed by atoms with E-state index in [1.54, 1.807) is 29.2 Å². The number of carbonyl (C=O) groups is 1. The number of nitrogens with zero attached hydrogens (tertiary/aromatic N) is 2. The van der Waals surface area contributed by atoms with Crippen LogP contribution in [0.5, 0.6) is 0 Å². The lowest BCUT2D eigenvalue weighted by Gasteiger charge is -2.26. The predicted octanol–water partition coefficient (Wildman–Crippen LogP) is 3.34. The number of anilines is 2. The van der Waals surface area contributed by atoms with E-state index in [-0.39, 0.29) is 16.7 Å². The fourth-order valence-corrected chi connectivity index (χ4v) is 5.07. The number of hydrogen-bond acceptors (Lipinski definition) is 3. The summed E-state index contributed by atoms with van der Waals surface area (Å²) in [7, 11) is -3.68. The standard InChI is InChI=1S/C20H22N2O3S/c1-15-6-4-7-17(14-15)26(24,25)22-13-5-12-21(20(23)16-10-11-16)18-8-2-3-9-19(18)22/h2-4,6-9,14,16H,5,10-13H2,1H3. The molecule has 1 fully saturated rings. The summed E-state index contributed by atoms with van der Waals surface area (Å²) < 4.78 is 28.1. The molecule has 1 saturated carbocycles. The minimum Gasteiger partial charge on any atom is -0.310 e. The number of carbonyl (C=O) groups excluding carboxylic acids is 1. The highest BCUT2D eigenvalue weighted by atomic mass is 32.2. The molecule has 1 aliphatic heterocycles. The van der Waals surface area contributed by atoms with Gasteiger partial charge in [0.25, 0.3) is 10.0 Å². The van der Waals surface area contributed by atoms with Gasteiger partial charge in [-0.15, -0.1) is 0 Å². The van der Waals surface area contributed by atoms with E-state index in [0.29, 0.717) is 30.9 Å². The summed E-state index contributed by atoms with van der Waals surface area (Å²) in [4.78, 5) is 14.8. The van der Waals surface area contributed by atoms with Gasteiger partial charge >= 0.3 is 0 Å². The molecule has 0 saturated heterocycles. The summed E-state index contributed by atoms with van der Waals surface area (Å²) in [5.74, 6) is 0.218. The smallest absolute Gasteiger partial charge is 0.264 e. The first-order valence-electron chi connectivity index (χ1n) is 8.98. The third-order valence-corrected chi connectivity index (χ3v) is 6.76. The summed E-state index contributed by atoms with van der Waals surface area (Å²) in [5.41, 5.74) is 2.18. The normalized spacial score (nSPS) is 17.6. The van der Waals surface area contributed by atoms with Crippen LogP contribution in [0.3, 0.4) is 0 Å². The second kappa shape index (κ2) is 6.43. The Morgan fingerprint density at radius 3 is 2.42 bits per heavy atom. The van der Waals surface area contributed by atoms with Crippen LogP contribution in [-0.4, -0.2) is 27.4 Å². The molecule has 6 heteroatoms. The van der Waals surface area contributed by atoms with Gasteiger partial charge in [-0.05, 0) is 56.0 Å². The molecule has 2 aromatic rings. The molecule has 136 valence electrons. The molecule has 0 atom stereocenters. The van der Waals surface area contributed by atoms with Gasteiger partial charge in [0.2, 0.25) is 5.91 Å². The highest BCUT2D eigenvalue weighted by molar-refractivity contribution is 7.92. The minimum absolute atomic E-state index is 0.1000. The van der Waals surface area contributed by atoms with E-state index in [9.17, 15) is 13.2 Å². The van der Waals surface area contributed by atoms with Crippen LogP contribution in [0.2, 0.25) is 0 Å². The maximum Gasteiger partial charge on any atom is 0.264 e. The highest BCUT2D eigenvalue weighted by Gasteiger charge is 2.37. The number of benzene rings is 2. The minimum atomic E-state index is -3.68. The zero-order valence-corrected chi connectivity index (χ0v) is 15.6. The number of hydrogen-bond donors (Lipinski definition) is 0. The first-order valence-corrected chi connectivity index (χ1v) is 10.4. The fraction of sp³-hybridized carbons (Fsp3) is 0.350. The number of amides is 1. The molecule has 2 aromatic carbocycles. The Labute approximate surface area is 154 Å².